The van der Waals surface area contributed by atoms with Crippen LogP contribution < -0.4 is 5.73 Å². The van der Waals surface area contributed by atoms with Crippen molar-refractivity contribution in [2.75, 3.05) is 26.2 Å². The van der Waals surface area contributed by atoms with Gasteiger partial charge in [0.05, 0.1) is 0 Å². The molecule has 0 saturated carbocycles. The van der Waals surface area contributed by atoms with Crippen LogP contribution in [0.1, 0.15) is 26.2 Å². The third-order valence-electron chi connectivity index (χ3n) is 2.99. The van der Waals surface area contributed by atoms with Gasteiger partial charge in [-0.05, 0) is 26.2 Å². The van der Waals surface area contributed by atoms with Gasteiger partial charge in [-0.15, -0.1) is 13.2 Å². The van der Waals surface area contributed by atoms with Crippen molar-refractivity contribution in [1.29, 1.82) is 0 Å². The van der Waals surface area contributed by atoms with E-state index in [1.54, 1.807) is 17.1 Å². The molecular formula is C15H27N3O3. The molecule has 1 fully saturated rings. The van der Waals surface area contributed by atoms with Crippen LogP contribution in [0, 0.1) is 0 Å². The molecule has 0 radical (unpaired) electrons. The summed E-state index contributed by atoms with van der Waals surface area (Å²) in [5.74, 6) is -0.963. The second-order valence-electron chi connectivity index (χ2n) is 4.94. The van der Waals surface area contributed by atoms with Crippen LogP contribution in [0.4, 0.5) is 4.79 Å². The first-order valence-electron chi connectivity index (χ1n) is 7.18. The zero-order chi connectivity index (χ0) is 16.3. The molecule has 0 bridgehead atoms. The second kappa shape index (κ2) is 10.9. The van der Waals surface area contributed by atoms with Crippen LogP contribution in [0.3, 0.4) is 0 Å². The average molecular weight is 297 g/mol. The van der Waals surface area contributed by atoms with E-state index in [0.717, 1.165) is 25.9 Å². The van der Waals surface area contributed by atoms with Crippen molar-refractivity contribution in [2.45, 2.75) is 32.2 Å². The van der Waals surface area contributed by atoms with Crippen LogP contribution in [-0.4, -0.2) is 59.1 Å². The van der Waals surface area contributed by atoms with Crippen LogP contribution in [-0.2, 0) is 4.79 Å². The fourth-order valence-corrected chi connectivity index (χ4v) is 1.83. The highest BCUT2D eigenvalue weighted by Gasteiger charge is 2.20. The lowest BCUT2D eigenvalue weighted by Crippen LogP contribution is -2.45. The number of amides is 2. The summed E-state index contributed by atoms with van der Waals surface area (Å²) in [6.07, 6.45) is 7.01. The average Bonchev–Trinajstić information content (AvgIpc) is 2.47. The highest BCUT2D eigenvalue weighted by Crippen LogP contribution is 2.11. The van der Waals surface area contributed by atoms with E-state index in [-0.39, 0.29) is 6.03 Å². The molecule has 1 atom stereocenters. The lowest BCUT2D eigenvalue weighted by atomic mass is 10.1. The van der Waals surface area contributed by atoms with Crippen LogP contribution in [0.5, 0.6) is 0 Å². The summed E-state index contributed by atoms with van der Waals surface area (Å²) in [6.45, 7) is 11.7. The third-order valence-corrected chi connectivity index (χ3v) is 2.99. The Bertz CT molecular complexity index is 340. The summed E-state index contributed by atoms with van der Waals surface area (Å²) in [7, 11) is 0. The van der Waals surface area contributed by atoms with E-state index < -0.39 is 12.0 Å². The summed E-state index contributed by atoms with van der Waals surface area (Å²) in [4.78, 5) is 25.3. The SMILES string of the molecule is C=CCN(CC=C)C(=O)N1CCCCC1.C[C@H](N)C(=O)O. The Labute approximate surface area is 126 Å². The molecule has 0 aromatic heterocycles. The monoisotopic (exact) mass is 297 g/mol. The van der Waals surface area contributed by atoms with Crippen molar-refractivity contribution >= 4 is 12.0 Å². The Balaban J connectivity index is 0.000000567. The molecule has 6 nitrogen and oxygen atoms in total. The molecule has 1 aliphatic heterocycles. The van der Waals surface area contributed by atoms with Gasteiger partial charge in [-0.1, -0.05) is 12.2 Å². The van der Waals surface area contributed by atoms with E-state index in [9.17, 15) is 9.59 Å². The molecule has 3 N–H and O–H groups in total. The fraction of sp³-hybridized carbons (Fsp3) is 0.600. The number of carbonyl (C=O) groups excluding carboxylic acids is 1. The van der Waals surface area contributed by atoms with Crippen molar-refractivity contribution < 1.29 is 14.7 Å². The number of urea groups is 1. The number of carboxylic acids is 1. The summed E-state index contributed by atoms with van der Waals surface area (Å²) in [6, 6.07) is -0.612. The summed E-state index contributed by atoms with van der Waals surface area (Å²) < 4.78 is 0. The van der Waals surface area contributed by atoms with Crippen LogP contribution in [0.2, 0.25) is 0 Å². The minimum absolute atomic E-state index is 0.120. The normalized spacial score (nSPS) is 15.2. The number of nitrogens with two attached hydrogens (primary N) is 1. The number of hydrogen-bond donors (Lipinski definition) is 2. The Hall–Kier alpha value is -1.82. The number of carboxylic acid groups (broad SMARTS) is 1. The number of hydrogen-bond acceptors (Lipinski definition) is 3. The van der Waals surface area contributed by atoms with Crippen LogP contribution >= 0.6 is 0 Å². The summed E-state index contributed by atoms with van der Waals surface area (Å²) >= 11 is 0. The Morgan fingerprint density at radius 1 is 1.24 bits per heavy atom. The molecule has 0 aromatic rings. The van der Waals surface area contributed by atoms with Crippen molar-refractivity contribution in [3.8, 4) is 0 Å². The predicted octanol–water partition coefficient (Wildman–Crippen LogP) is 1.68. The Morgan fingerprint density at radius 3 is 2.00 bits per heavy atom. The first-order valence-corrected chi connectivity index (χ1v) is 7.18. The van der Waals surface area contributed by atoms with Crippen molar-refractivity contribution in [3.63, 3.8) is 0 Å². The smallest absolute Gasteiger partial charge is 0.320 e. The maximum atomic E-state index is 12.0. The van der Waals surface area contributed by atoms with E-state index >= 15 is 0 Å². The third kappa shape index (κ3) is 8.14. The molecule has 1 saturated heterocycles. The number of piperidine rings is 1. The first-order chi connectivity index (χ1) is 9.93. The number of carbonyl (C=O) groups is 2. The number of likely N-dealkylation sites (tertiary alicyclic amines) is 1. The van der Waals surface area contributed by atoms with E-state index in [4.69, 9.17) is 10.8 Å². The molecule has 0 unspecified atom stereocenters. The van der Waals surface area contributed by atoms with E-state index in [2.05, 4.69) is 13.2 Å². The largest absolute Gasteiger partial charge is 0.480 e. The quantitative estimate of drug-likeness (QED) is 0.756. The molecular weight excluding hydrogens is 270 g/mol. The molecule has 2 amide bonds. The van der Waals surface area contributed by atoms with Gasteiger partial charge in [-0.2, -0.15) is 0 Å². The predicted molar refractivity (Wildman–Crippen MR) is 84.1 cm³/mol. The maximum absolute atomic E-state index is 12.0. The Kier molecular flexibility index (Phi) is 9.96. The molecule has 0 aliphatic carbocycles. The number of rotatable bonds is 5. The number of nitrogens with zero attached hydrogens (tertiary/aromatic N) is 2. The topological polar surface area (TPSA) is 86.9 Å². The zero-order valence-electron chi connectivity index (χ0n) is 12.8. The van der Waals surface area contributed by atoms with Crippen molar-refractivity contribution in [3.05, 3.63) is 25.3 Å². The summed E-state index contributed by atoms with van der Waals surface area (Å²) in [5.41, 5.74) is 4.84. The highest BCUT2D eigenvalue weighted by atomic mass is 16.4. The van der Waals surface area contributed by atoms with Gasteiger partial charge in [-0.3, -0.25) is 4.79 Å². The zero-order valence-corrected chi connectivity index (χ0v) is 12.8. The highest BCUT2D eigenvalue weighted by molar-refractivity contribution is 5.75. The van der Waals surface area contributed by atoms with E-state index in [1.807, 2.05) is 4.90 Å². The van der Waals surface area contributed by atoms with Gasteiger partial charge in [-0.25, -0.2) is 4.79 Å². The second-order valence-corrected chi connectivity index (χ2v) is 4.94. The van der Waals surface area contributed by atoms with Gasteiger partial charge in [0, 0.05) is 26.2 Å². The van der Waals surface area contributed by atoms with E-state index in [0.29, 0.717) is 13.1 Å². The van der Waals surface area contributed by atoms with Crippen LogP contribution in [0.15, 0.2) is 25.3 Å². The fourth-order valence-electron chi connectivity index (χ4n) is 1.83. The number of aliphatic carboxylic acids is 1. The van der Waals surface area contributed by atoms with Crippen LogP contribution in [0.25, 0.3) is 0 Å². The molecule has 120 valence electrons. The lowest BCUT2D eigenvalue weighted by Gasteiger charge is -2.32. The standard InChI is InChI=1S/C12H20N2O.C3H7NO2/c1-3-8-13(9-4-2)12(15)14-10-6-5-7-11-14;1-2(4)3(5)6/h3-4H,1-2,5-11H2;2H,4H2,1H3,(H,5,6)/t;2-/m.0/s1. The van der Waals surface area contributed by atoms with Gasteiger partial charge in [0.1, 0.15) is 6.04 Å². The molecule has 21 heavy (non-hydrogen) atoms. The van der Waals surface area contributed by atoms with Gasteiger partial charge in [0.25, 0.3) is 0 Å². The van der Waals surface area contributed by atoms with Gasteiger partial charge in [0.15, 0.2) is 0 Å². The minimum atomic E-state index is -0.963. The van der Waals surface area contributed by atoms with Gasteiger partial charge >= 0.3 is 12.0 Å². The first kappa shape index (κ1) is 19.2. The summed E-state index contributed by atoms with van der Waals surface area (Å²) in [5, 5.41) is 7.87. The minimum Gasteiger partial charge on any atom is -0.480 e. The molecule has 1 heterocycles. The van der Waals surface area contributed by atoms with E-state index in [1.165, 1.54) is 13.3 Å². The molecule has 0 aromatic carbocycles. The van der Waals surface area contributed by atoms with Crippen molar-refractivity contribution in [2.24, 2.45) is 5.73 Å². The Morgan fingerprint density at radius 2 is 1.67 bits per heavy atom. The molecule has 6 heteroatoms. The maximum Gasteiger partial charge on any atom is 0.320 e. The lowest BCUT2D eigenvalue weighted by molar-refractivity contribution is -0.138. The molecule has 1 aliphatic rings. The molecule has 1 rings (SSSR count). The van der Waals surface area contributed by atoms with Gasteiger partial charge < -0.3 is 20.6 Å². The van der Waals surface area contributed by atoms with Gasteiger partial charge in [0.2, 0.25) is 0 Å². The molecule has 0 spiro atoms. The van der Waals surface area contributed by atoms with Crippen molar-refractivity contribution in [1.82, 2.24) is 9.80 Å².